The summed E-state index contributed by atoms with van der Waals surface area (Å²) in [6, 6.07) is 2.72. The molecule has 5 heteroatoms. The van der Waals surface area contributed by atoms with Gasteiger partial charge in [0.15, 0.2) is 0 Å². The Labute approximate surface area is 123 Å². The van der Waals surface area contributed by atoms with Gasteiger partial charge in [-0.05, 0) is 25.8 Å². The first-order valence-electron chi connectivity index (χ1n) is 7.11. The van der Waals surface area contributed by atoms with Crippen LogP contribution in [0.2, 0.25) is 0 Å². The summed E-state index contributed by atoms with van der Waals surface area (Å²) in [5.41, 5.74) is 2.12. The predicted molar refractivity (Wildman–Crippen MR) is 79.5 cm³/mol. The van der Waals surface area contributed by atoms with E-state index < -0.39 is 0 Å². The van der Waals surface area contributed by atoms with Crippen molar-refractivity contribution in [2.24, 2.45) is 0 Å². The topological polar surface area (TPSA) is 49.5 Å². The van der Waals surface area contributed by atoms with Gasteiger partial charge in [-0.15, -0.1) is 11.3 Å². The van der Waals surface area contributed by atoms with E-state index in [1.807, 2.05) is 6.07 Å². The Morgan fingerprint density at radius 2 is 2.40 bits per heavy atom. The number of rotatable bonds is 4. The minimum absolute atomic E-state index is 0.239. The van der Waals surface area contributed by atoms with Gasteiger partial charge in [-0.3, -0.25) is 4.90 Å². The van der Waals surface area contributed by atoms with Crippen molar-refractivity contribution >= 4 is 11.3 Å². The van der Waals surface area contributed by atoms with Crippen LogP contribution in [0.15, 0.2) is 28.4 Å². The van der Waals surface area contributed by atoms with Crippen LogP contribution in [0.1, 0.15) is 31.9 Å². The Kier molecular flexibility index (Phi) is 4.19. The molecule has 1 saturated heterocycles. The number of aliphatic hydroxyl groups is 1. The number of hydrogen-bond acceptors (Lipinski definition) is 5. The Morgan fingerprint density at radius 1 is 1.50 bits per heavy atom. The number of furan rings is 1. The second-order valence-electron chi connectivity index (χ2n) is 5.44. The summed E-state index contributed by atoms with van der Waals surface area (Å²) < 4.78 is 5.10. The maximum absolute atomic E-state index is 9.54. The fourth-order valence-corrected chi connectivity index (χ4v) is 3.70. The standard InChI is InChI=1S/C15H20N2O2S/c1-11-3-2-4-14(8-18)17(11)7-13-10-20-15(16-13)12-5-6-19-9-12/h5-6,9-11,14,18H,2-4,7-8H2,1H3. The van der Waals surface area contributed by atoms with E-state index in [2.05, 4.69) is 22.2 Å². The van der Waals surface area contributed by atoms with Crippen molar-refractivity contribution in [1.29, 1.82) is 0 Å². The van der Waals surface area contributed by atoms with Crippen LogP contribution in [0.25, 0.3) is 10.6 Å². The molecule has 0 bridgehead atoms. The third-order valence-corrected chi connectivity index (χ3v) is 5.01. The molecule has 108 valence electrons. The van der Waals surface area contributed by atoms with Gasteiger partial charge in [0.2, 0.25) is 0 Å². The van der Waals surface area contributed by atoms with Crippen LogP contribution in [0.3, 0.4) is 0 Å². The summed E-state index contributed by atoms with van der Waals surface area (Å²) >= 11 is 1.65. The predicted octanol–water partition coefficient (Wildman–Crippen LogP) is 3.14. The lowest BCUT2D eigenvalue weighted by atomic mass is 9.97. The molecule has 0 saturated carbocycles. The zero-order valence-electron chi connectivity index (χ0n) is 11.7. The Bertz CT molecular complexity index is 538. The largest absolute Gasteiger partial charge is 0.472 e. The third-order valence-electron chi connectivity index (χ3n) is 4.07. The smallest absolute Gasteiger partial charge is 0.126 e. The van der Waals surface area contributed by atoms with Crippen LogP contribution in [0, 0.1) is 0 Å². The summed E-state index contributed by atoms with van der Waals surface area (Å²) in [6.45, 7) is 3.30. The fourth-order valence-electron chi connectivity index (χ4n) is 2.91. The maximum atomic E-state index is 9.54. The quantitative estimate of drug-likeness (QED) is 0.940. The second kappa shape index (κ2) is 6.08. The SMILES string of the molecule is CC1CCCC(CO)N1Cc1csc(-c2ccoc2)n1. The first-order chi connectivity index (χ1) is 9.78. The molecular formula is C15H20N2O2S. The number of aromatic nitrogens is 1. The lowest BCUT2D eigenvalue weighted by molar-refractivity contribution is 0.0443. The molecule has 2 aromatic rings. The summed E-state index contributed by atoms with van der Waals surface area (Å²) in [6.07, 6.45) is 6.89. The molecule has 3 rings (SSSR count). The van der Waals surface area contributed by atoms with Gasteiger partial charge in [-0.1, -0.05) is 6.42 Å². The van der Waals surface area contributed by atoms with E-state index in [1.54, 1.807) is 23.9 Å². The summed E-state index contributed by atoms with van der Waals surface area (Å²) in [5.74, 6) is 0. The summed E-state index contributed by atoms with van der Waals surface area (Å²) in [4.78, 5) is 7.07. The normalized spacial score (nSPS) is 24.1. The number of aliphatic hydroxyl groups excluding tert-OH is 1. The molecule has 1 aliphatic rings. The van der Waals surface area contributed by atoms with Crippen LogP contribution >= 0.6 is 11.3 Å². The molecule has 0 aromatic carbocycles. The average molecular weight is 292 g/mol. The van der Waals surface area contributed by atoms with Gasteiger partial charge in [-0.25, -0.2) is 4.98 Å². The van der Waals surface area contributed by atoms with E-state index in [0.717, 1.165) is 29.2 Å². The van der Waals surface area contributed by atoms with E-state index in [1.165, 1.54) is 12.8 Å². The molecule has 0 radical (unpaired) electrons. The lowest BCUT2D eigenvalue weighted by Crippen LogP contribution is -2.46. The Balaban J connectivity index is 1.73. The van der Waals surface area contributed by atoms with E-state index in [4.69, 9.17) is 4.42 Å². The van der Waals surface area contributed by atoms with E-state index in [-0.39, 0.29) is 12.6 Å². The molecule has 0 spiro atoms. The zero-order chi connectivity index (χ0) is 13.9. The van der Waals surface area contributed by atoms with E-state index in [9.17, 15) is 5.11 Å². The molecule has 2 aromatic heterocycles. The minimum Gasteiger partial charge on any atom is -0.472 e. The first kappa shape index (κ1) is 13.8. The van der Waals surface area contributed by atoms with Crippen LogP contribution in [0.4, 0.5) is 0 Å². The number of likely N-dealkylation sites (tertiary alicyclic amines) is 1. The van der Waals surface area contributed by atoms with Gasteiger partial charge >= 0.3 is 0 Å². The number of hydrogen-bond donors (Lipinski definition) is 1. The lowest BCUT2D eigenvalue weighted by Gasteiger charge is -2.39. The van der Waals surface area contributed by atoms with Crippen molar-refractivity contribution < 1.29 is 9.52 Å². The van der Waals surface area contributed by atoms with Crippen molar-refractivity contribution in [2.75, 3.05) is 6.61 Å². The molecule has 0 amide bonds. The van der Waals surface area contributed by atoms with Crippen molar-refractivity contribution in [2.45, 2.75) is 44.8 Å². The van der Waals surface area contributed by atoms with Crippen molar-refractivity contribution in [3.05, 3.63) is 29.7 Å². The zero-order valence-corrected chi connectivity index (χ0v) is 12.5. The number of piperidine rings is 1. The summed E-state index contributed by atoms with van der Waals surface area (Å²) in [7, 11) is 0. The van der Waals surface area contributed by atoms with Gasteiger partial charge < -0.3 is 9.52 Å². The van der Waals surface area contributed by atoms with Gasteiger partial charge in [0.05, 0.1) is 18.6 Å². The van der Waals surface area contributed by atoms with Gasteiger partial charge in [-0.2, -0.15) is 0 Å². The molecule has 3 heterocycles. The second-order valence-corrected chi connectivity index (χ2v) is 6.30. The van der Waals surface area contributed by atoms with Crippen LogP contribution in [-0.4, -0.2) is 33.7 Å². The molecule has 20 heavy (non-hydrogen) atoms. The molecule has 1 fully saturated rings. The highest BCUT2D eigenvalue weighted by molar-refractivity contribution is 7.13. The highest BCUT2D eigenvalue weighted by Gasteiger charge is 2.27. The third kappa shape index (κ3) is 2.80. The molecule has 1 N–H and O–H groups in total. The monoisotopic (exact) mass is 292 g/mol. The highest BCUT2D eigenvalue weighted by atomic mass is 32.1. The number of thiazole rings is 1. The Morgan fingerprint density at radius 3 is 3.15 bits per heavy atom. The van der Waals surface area contributed by atoms with Gasteiger partial charge in [0.25, 0.3) is 0 Å². The van der Waals surface area contributed by atoms with Gasteiger partial charge in [0, 0.05) is 29.6 Å². The van der Waals surface area contributed by atoms with Crippen molar-refractivity contribution in [1.82, 2.24) is 9.88 Å². The highest BCUT2D eigenvalue weighted by Crippen LogP contribution is 2.28. The van der Waals surface area contributed by atoms with Crippen LogP contribution < -0.4 is 0 Å². The van der Waals surface area contributed by atoms with E-state index in [0.29, 0.717) is 6.04 Å². The van der Waals surface area contributed by atoms with Crippen LogP contribution in [-0.2, 0) is 6.54 Å². The molecule has 2 atom stereocenters. The molecule has 0 aliphatic carbocycles. The van der Waals surface area contributed by atoms with Crippen molar-refractivity contribution in [3.8, 4) is 10.6 Å². The molecular weight excluding hydrogens is 272 g/mol. The van der Waals surface area contributed by atoms with Gasteiger partial charge in [0.1, 0.15) is 11.3 Å². The maximum Gasteiger partial charge on any atom is 0.126 e. The average Bonchev–Trinajstić information content (AvgIpc) is 3.11. The van der Waals surface area contributed by atoms with E-state index >= 15 is 0 Å². The van der Waals surface area contributed by atoms with Crippen molar-refractivity contribution in [3.63, 3.8) is 0 Å². The molecule has 4 nitrogen and oxygen atoms in total. The molecule has 1 aliphatic heterocycles. The first-order valence-corrected chi connectivity index (χ1v) is 7.99. The molecule has 2 unspecified atom stereocenters. The minimum atomic E-state index is 0.239. The summed E-state index contributed by atoms with van der Waals surface area (Å²) in [5, 5.41) is 12.6. The fraction of sp³-hybridized carbons (Fsp3) is 0.533. The Hall–Kier alpha value is -1.17. The van der Waals surface area contributed by atoms with Crippen LogP contribution in [0.5, 0.6) is 0 Å². The number of nitrogens with zero attached hydrogens (tertiary/aromatic N) is 2.